The van der Waals surface area contributed by atoms with Gasteiger partial charge in [0.2, 0.25) is 10.0 Å². The molecule has 0 aliphatic carbocycles. The molecule has 0 spiro atoms. The van der Waals surface area contributed by atoms with E-state index in [2.05, 4.69) is 15.3 Å². The summed E-state index contributed by atoms with van der Waals surface area (Å²) in [6, 6.07) is 21.1. The molecule has 0 saturated carbocycles. The number of halogens is 1. The van der Waals surface area contributed by atoms with E-state index in [0.29, 0.717) is 22.4 Å². The van der Waals surface area contributed by atoms with Gasteiger partial charge in [0, 0.05) is 21.7 Å². The first-order valence-corrected chi connectivity index (χ1v) is 10.3. The minimum absolute atomic E-state index is 0.0404. The van der Waals surface area contributed by atoms with Crippen LogP contribution < -0.4 is 10.5 Å². The molecule has 1 heterocycles. The molecule has 0 saturated heterocycles. The third-order valence-corrected chi connectivity index (χ3v) is 5.30. The Balaban J connectivity index is 1.81. The molecule has 0 aliphatic heterocycles. The van der Waals surface area contributed by atoms with Gasteiger partial charge in [-0.15, -0.1) is 0 Å². The van der Waals surface area contributed by atoms with Crippen LogP contribution in [0.25, 0.3) is 22.3 Å². The number of nitrogens with one attached hydrogen (secondary N) is 1. The number of anilines is 2. The van der Waals surface area contributed by atoms with E-state index in [1.807, 2.05) is 36.4 Å². The van der Waals surface area contributed by atoms with Crippen molar-refractivity contribution in [2.45, 2.75) is 4.90 Å². The van der Waals surface area contributed by atoms with Crippen molar-refractivity contribution in [2.24, 2.45) is 5.14 Å². The molecular formula is C20H15ClN4O2S. The van der Waals surface area contributed by atoms with Crippen molar-refractivity contribution in [2.75, 3.05) is 5.32 Å². The van der Waals surface area contributed by atoms with Crippen LogP contribution in [0.4, 0.5) is 11.5 Å². The second-order valence-electron chi connectivity index (χ2n) is 6.12. The maximum atomic E-state index is 11.4. The van der Waals surface area contributed by atoms with Gasteiger partial charge in [0.05, 0.1) is 10.4 Å². The Kier molecular flexibility index (Phi) is 4.72. The highest BCUT2D eigenvalue weighted by atomic mass is 35.5. The molecule has 0 amide bonds. The van der Waals surface area contributed by atoms with E-state index in [0.717, 1.165) is 16.5 Å². The molecule has 0 fully saturated rings. The molecule has 3 aromatic carbocycles. The van der Waals surface area contributed by atoms with Gasteiger partial charge in [-0.2, -0.15) is 0 Å². The lowest BCUT2D eigenvalue weighted by Crippen LogP contribution is -2.11. The van der Waals surface area contributed by atoms with Gasteiger partial charge in [0.15, 0.2) is 5.82 Å². The van der Waals surface area contributed by atoms with E-state index in [4.69, 9.17) is 16.7 Å². The van der Waals surface area contributed by atoms with Gasteiger partial charge >= 0.3 is 0 Å². The molecule has 0 radical (unpaired) electrons. The average Bonchev–Trinajstić information content (AvgIpc) is 2.68. The molecule has 0 aliphatic rings. The molecule has 0 unspecified atom stereocenters. The van der Waals surface area contributed by atoms with Crippen molar-refractivity contribution in [3.63, 3.8) is 0 Å². The summed E-state index contributed by atoms with van der Waals surface area (Å²) in [6.07, 6.45) is 0. The predicted molar refractivity (Wildman–Crippen MR) is 111 cm³/mol. The Morgan fingerprint density at radius 3 is 2.29 bits per heavy atom. The fourth-order valence-electron chi connectivity index (χ4n) is 2.78. The lowest BCUT2D eigenvalue weighted by atomic mass is 10.2. The zero-order chi connectivity index (χ0) is 19.7. The third kappa shape index (κ3) is 3.82. The van der Waals surface area contributed by atoms with Gasteiger partial charge in [0.25, 0.3) is 0 Å². The van der Waals surface area contributed by atoms with E-state index in [9.17, 15) is 8.42 Å². The molecule has 0 bridgehead atoms. The summed E-state index contributed by atoms with van der Waals surface area (Å²) in [6.45, 7) is 0. The summed E-state index contributed by atoms with van der Waals surface area (Å²) in [5.74, 6) is 1.13. The average molecular weight is 411 g/mol. The maximum absolute atomic E-state index is 11.4. The Labute approximate surface area is 167 Å². The number of nitrogens with zero attached hydrogens (tertiary/aromatic N) is 2. The van der Waals surface area contributed by atoms with Crippen molar-refractivity contribution in [1.29, 1.82) is 0 Å². The number of hydrogen-bond donors (Lipinski definition) is 2. The van der Waals surface area contributed by atoms with E-state index in [1.54, 1.807) is 24.3 Å². The highest BCUT2D eigenvalue weighted by Gasteiger charge is 2.12. The zero-order valence-corrected chi connectivity index (χ0v) is 16.1. The highest BCUT2D eigenvalue weighted by Crippen LogP contribution is 2.29. The Bertz CT molecular complexity index is 1260. The van der Waals surface area contributed by atoms with Crippen LogP contribution in [0.15, 0.2) is 77.7 Å². The Morgan fingerprint density at radius 1 is 0.893 bits per heavy atom. The van der Waals surface area contributed by atoms with Crippen molar-refractivity contribution in [3.8, 4) is 11.4 Å². The van der Waals surface area contributed by atoms with E-state index in [1.165, 1.54) is 12.1 Å². The van der Waals surface area contributed by atoms with Crippen LogP contribution in [0.2, 0.25) is 5.02 Å². The van der Waals surface area contributed by atoms with Crippen LogP contribution >= 0.6 is 11.6 Å². The second kappa shape index (κ2) is 7.20. The fourth-order valence-corrected chi connectivity index (χ4v) is 3.46. The number of aromatic nitrogens is 2. The third-order valence-electron chi connectivity index (χ3n) is 4.14. The monoisotopic (exact) mass is 410 g/mol. The highest BCUT2D eigenvalue weighted by molar-refractivity contribution is 7.89. The van der Waals surface area contributed by atoms with Gasteiger partial charge in [0.1, 0.15) is 5.82 Å². The minimum Gasteiger partial charge on any atom is -0.340 e. The fraction of sp³-hybridized carbons (Fsp3) is 0. The van der Waals surface area contributed by atoms with E-state index < -0.39 is 10.0 Å². The normalized spacial score (nSPS) is 11.5. The minimum atomic E-state index is -3.75. The van der Waals surface area contributed by atoms with Gasteiger partial charge in [-0.05, 0) is 42.5 Å². The van der Waals surface area contributed by atoms with Crippen molar-refractivity contribution < 1.29 is 8.42 Å². The van der Waals surface area contributed by atoms with Crippen LogP contribution in [0.5, 0.6) is 0 Å². The molecule has 1 aromatic heterocycles. The molecule has 4 rings (SSSR count). The number of sulfonamides is 1. The number of rotatable bonds is 4. The summed E-state index contributed by atoms with van der Waals surface area (Å²) in [4.78, 5) is 9.32. The molecule has 140 valence electrons. The van der Waals surface area contributed by atoms with Crippen LogP contribution in [0.3, 0.4) is 0 Å². The van der Waals surface area contributed by atoms with Gasteiger partial charge in [-0.25, -0.2) is 23.5 Å². The molecule has 6 nitrogen and oxygen atoms in total. The first-order valence-electron chi connectivity index (χ1n) is 8.33. The Hall–Kier alpha value is -3.00. The number of nitrogens with two attached hydrogens (primary N) is 1. The largest absolute Gasteiger partial charge is 0.340 e. The zero-order valence-electron chi connectivity index (χ0n) is 14.5. The Morgan fingerprint density at radius 2 is 1.61 bits per heavy atom. The number of benzene rings is 3. The van der Waals surface area contributed by atoms with Crippen LogP contribution in [-0.2, 0) is 10.0 Å². The summed E-state index contributed by atoms with van der Waals surface area (Å²) in [7, 11) is -3.75. The van der Waals surface area contributed by atoms with Gasteiger partial charge < -0.3 is 5.32 Å². The number of hydrogen-bond acceptors (Lipinski definition) is 5. The molecule has 28 heavy (non-hydrogen) atoms. The SMILES string of the molecule is NS(=O)(=O)c1ccc(Nc2nc(-c3ccccc3)nc3ccc(Cl)cc23)cc1. The van der Waals surface area contributed by atoms with Crippen molar-refractivity contribution in [1.82, 2.24) is 9.97 Å². The van der Waals surface area contributed by atoms with Gasteiger partial charge in [-0.3, -0.25) is 0 Å². The lowest BCUT2D eigenvalue weighted by molar-refractivity contribution is 0.598. The van der Waals surface area contributed by atoms with E-state index in [-0.39, 0.29) is 4.90 Å². The first-order chi connectivity index (χ1) is 13.4. The molecule has 0 atom stereocenters. The quantitative estimate of drug-likeness (QED) is 0.521. The van der Waals surface area contributed by atoms with Crippen molar-refractivity contribution >= 4 is 44.0 Å². The van der Waals surface area contributed by atoms with Crippen LogP contribution in [-0.4, -0.2) is 18.4 Å². The smallest absolute Gasteiger partial charge is 0.238 e. The lowest BCUT2D eigenvalue weighted by Gasteiger charge is -2.12. The maximum Gasteiger partial charge on any atom is 0.238 e. The number of fused-ring (bicyclic) bond motifs is 1. The standard InChI is InChI=1S/C20H15ClN4O2S/c21-14-6-11-18-17(12-14)20(25-19(24-18)13-4-2-1-3-5-13)23-15-7-9-16(10-8-15)28(22,26)27/h1-12H,(H2,22,26,27)(H,23,24,25). The summed E-state index contributed by atoms with van der Waals surface area (Å²) in [5.41, 5.74) is 2.28. The first kappa shape index (κ1) is 18.4. The number of primary sulfonamides is 1. The molecule has 3 N–H and O–H groups in total. The van der Waals surface area contributed by atoms with Crippen LogP contribution in [0.1, 0.15) is 0 Å². The molecule has 4 aromatic rings. The topological polar surface area (TPSA) is 98.0 Å². The van der Waals surface area contributed by atoms with Crippen LogP contribution in [0, 0.1) is 0 Å². The summed E-state index contributed by atoms with van der Waals surface area (Å²) in [5, 5.41) is 9.69. The predicted octanol–water partition coefficient (Wildman–Crippen LogP) is 4.34. The summed E-state index contributed by atoms with van der Waals surface area (Å²) < 4.78 is 22.9. The van der Waals surface area contributed by atoms with Crippen molar-refractivity contribution in [3.05, 3.63) is 77.8 Å². The summed E-state index contributed by atoms with van der Waals surface area (Å²) >= 11 is 6.16. The molecule has 8 heteroatoms. The molecular weight excluding hydrogens is 396 g/mol. The van der Waals surface area contributed by atoms with Gasteiger partial charge in [-0.1, -0.05) is 41.9 Å². The second-order valence-corrected chi connectivity index (χ2v) is 8.12. The van der Waals surface area contributed by atoms with E-state index >= 15 is 0 Å².